The zero-order valence-corrected chi connectivity index (χ0v) is 22.2. The van der Waals surface area contributed by atoms with Gasteiger partial charge in [-0.25, -0.2) is 0 Å². The van der Waals surface area contributed by atoms with Crippen molar-refractivity contribution in [2.45, 2.75) is 85.1 Å². The third-order valence-electron chi connectivity index (χ3n) is 6.35. The number of unbranched alkanes of at least 4 members (excludes halogenated alkanes) is 5. The Hall–Kier alpha value is -0.971. The first-order valence-electron chi connectivity index (χ1n) is 11.8. The van der Waals surface area contributed by atoms with Gasteiger partial charge in [-0.05, 0) is 0 Å². The monoisotopic (exact) mass is 507 g/mol. The van der Waals surface area contributed by atoms with Crippen molar-refractivity contribution in [1.29, 1.82) is 0 Å². The molecule has 0 bridgehead atoms. The van der Waals surface area contributed by atoms with Crippen molar-refractivity contribution in [3.05, 3.63) is 43.0 Å². The summed E-state index contributed by atoms with van der Waals surface area (Å²) in [6, 6.07) is 9.18. The fourth-order valence-corrected chi connectivity index (χ4v) is 20.2. The first-order valence-corrected chi connectivity index (χ1v) is 19.3. The Balaban J connectivity index is 1.97. The molecule has 0 unspecified atom stereocenters. The van der Waals surface area contributed by atoms with Crippen LogP contribution in [0.2, 0.25) is 13.3 Å². The molecule has 4 heteroatoms. The van der Waals surface area contributed by atoms with E-state index in [0.29, 0.717) is 0 Å². The predicted molar refractivity (Wildman–Crippen MR) is 127 cm³/mol. The molecule has 0 saturated heterocycles. The molecule has 0 N–H and O–H groups in total. The van der Waals surface area contributed by atoms with Crippen molar-refractivity contribution in [3.63, 3.8) is 0 Å². The summed E-state index contributed by atoms with van der Waals surface area (Å²) in [7, 11) is 3.90. The number of hydrogen-bond donors (Lipinski definition) is 0. The minimum atomic E-state index is -2.38. The molecule has 0 aliphatic heterocycles. The van der Waals surface area contributed by atoms with Crippen LogP contribution in [0.15, 0.2) is 43.0 Å². The summed E-state index contributed by atoms with van der Waals surface area (Å²) in [6.45, 7) is 5.85. The molecule has 0 aliphatic rings. The van der Waals surface area contributed by atoms with Crippen molar-refractivity contribution in [3.8, 4) is 5.75 Å². The van der Waals surface area contributed by atoms with Gasteiger partial charge in [0.15, 0.2) is 0 Å². The van der Waals surface area contributed by atoms with Crippen LogP contribution in [0.5, 0.6) is 5.75 Å². The first-order chi connectivity index (χ1) is 14.1. The van der Waals surface area contributed by atoms with Crippen LogP contribution < -0.4 is 12.9 Å². The number of aryl methyl sites for hydroxylation is 2. The van der Waals surface area contributed by atoms with Gasteiger partial charge in [0.25, 0.3) is 0 Å². The second-order valence-corrected chi connectivity index (χ2v) is 21.9. The molecule has 1 aromatic carbocycles. The minimum absolute atomic E-state index is 1.05. The maximum absolute atomic E-state index is 5.59. The Labute approximate surface area is 183 Å². The summed E-state index contributed by atoms with van der Waals surface area (Å²) in [5.41, 5.74) is 0. The Morgan fingerprint density at radius 2 is 1.62 bits per heavy atom. The quantitative estimate of drug-likeness (QED) is 0.169. The van der Waals surface area contributed by atoms with E-state index in [1.165, 1.54) is 64.7 Å². The Morgan fingerprint density at radius 3 is 2.24 bits per heavy atom. The van der Waals surface area contributed by atoms with Gasteiger partial charge in [0, 0.05) is 0 Å². The van der Waals surface area contributed by atoms with E-state index in [-0.39, 0.29) is 0 Å². The normalized spacial score (nSPS) is 11.7. The maximum atomic E-state index is 5.59. The number of aromatic nitrogens is 2. The van der Waals surface area contributed by atoms with Crippen molar-refractivity contribution in [2.24, 2.45) is 7.05 Å². The molecular weight excluding hydrogens is 463 g/mol. The number of nitrogens with zero attached hydrogens (tertiary/aromatic N) is 2. The topological polar surface area (TPSA) is 18.0 Å². The zero-order valence-electron chi connectivity index (χ0n) is 19.3. The van der Waals surface area contributed by atoms with E-state index in [2.05, 4.69) is 73.0 Å². The van der Waals surface area contributed by atoms with E-state index < -0.39 is 18.4 Å². The van der Waals surface area contributed by atoms with Gasteiger partial charge in [-0.1, -0.05) is 0 Å². The van der Waals surface area contributed by atoms with Gasteiger partial charge in [0.05, 0.1) is 0 Å². The molecule has 3 nitrogen and oxygen atoms in total. The van der Waals surface area contributed by atoms with E-state index in [0.717, 1.165) is 12.3 Å². The molecule has 0 spiro atoms. The third kappa shape index (κ3) is 7.99. The van der Waals surface area contributed by atoms with Crippen molar-refractivity contribution < 1.29 is 9.30 Å². The Morgan fingerprint density at radius 1 is 0.931 bits per heavy atom. The Kier molecular flexibility index (Phi) is 11.2. The van der Waals surface area contributed by atoms with Gasteiger partial charge < -0.3 is 0 Å². The SMILES string of the molecule is CCC[CH2][Sn]([CH2]CCC)([CH2]CCCCCn1cc[n+](C)c1)[c]1cccc(OC)c1. The van der Waals surface area contributed by atoms with E-state index in [9.17, 15) is 0 Å². The predicted octanol–water partition coefficient (Wildman–Crippen LogP) is 5.84. The molecule has 2 aromatic rings. The first kappa shape index (κ1) is 24.3. The fourth-order valence-electron chi connectivity index (χ4n) is 4.54. The van der Waals surface area contributed by atoms with E-state index in [1.54, 1.807) is 10.7 Å². The van der Waals surface area contributed by atoms with Crippen LogP contribution in [0.1, 0.15) is 65.2 Å². The van der Waals surface area contributed by atoms with Gasteiger partial charge in [-0.2, -0.15) is 0 Å². The summed E-state index contributed by atoms with van der Waals surface area (Å²) < 4.78 is 16.3. The number of rotatable bonds is 15. The van der Waals surface area contributed by atoms with Crippen LogP contribution in [0.3, 0.4) is 0 Å². The molecule has 29 heavy (non-hydrogen) atoms. The molecule has 1 aromatic heterocycles. The average molecular weight is 506 g/mol. The van der Waals surface area contributed by atoms with Gasteiger partial charge >= 0.3 is 184 Å². The molecule has 162 valence electrons. The van der Waals surface area contributed by atoms with Gasteiger partial charge in [0.2, 0.25) is 0 Å². The van der Waals surface area contributed by atoms with Crippen molar-refractivity contribution in [1.82, 2.24) is 4.57 Å². The summed E-state index contributed by atoms with van der Waals surface area (Å²) in [5, 5.41) is 0. The zero-order chi connectivity index (χ0) is 21.0. The van der Waals surface area contributed by atoms with Crippen LogP contribution in [0.4, 0.5) is 0 Å². The fraction of sp³-hybridized carbons (Fsp3) is 0.640. The third-order valence-corrected chi connectivity index (χ3v) is 22.0. The summed E-state index contributed by atoms with van der Waals surface area (Å²) in [6.07, 6.45) is 17.4. The Bertz CT molecular complexity index is 690. The molecule has 1 heterocycles. The second kappa shape index (κ2) is 13.4. The number of benzene rings is 1. The standard InChI is InChI=1S/C10H18N2.C7H7O.2C4H9.Sn/c1-3-4-5-6-7-12-9-8-11(2)10-12;1-8-7-5-3-2-4-6-7;2*1-3-4-2;/h8-10H,1,3-7H2,2H3;2-3,5-6H,1H3;2*1,3-4H2,2H3;/q+1;;;;. The summed E-state index contributed by atoms with van der Waals surface area (Å²) >= 11 is -2.38. The molecule has 0 amide bonds. The van der Waals surface area contributed by atoms with E-state index >= 15 is 0 Å². The number of ether oxygens (including phenoxy) is 1. The van der Waals surface area contributed by atoms with Crippen LogP contribution in [0.25, 0.3) is 0 Å². The molecule has 0 fully saturated rings. The van der Waals surface area contributed by atoms with E-state index in [4.69, 9.17) is 4.74 Å². The second-order valence-electron chi connectivity index (χ2n) is 8.70. The molecular formula is C25H43N2OSn+. The van der Waals surface area contributed by atoms with Gasteiger partial charge in [-0.3, -0.25) is 0 Å². The van der Waals surface area contributed by atoms with E-state index in [1.807, 2.05) is 0 Å². The summed E-state index contributed by atoms with van der Waals surface area (Å²) in [5.74, 6) is 1.05. The molecule has 0 atom stereocenters. The van der Waals surface area contributed by atoms with Crippen molar-refractivity contribution in [2.75, 3.05) is 7.11 Å². The summed E-state index contributed by atoms with van der Waals surface area (Å²) in [4.78, 5) is 0. The van der Waals surface area contributed by atoms with Crippen LogP contribution in [-0.2, 0) is 13.6 Å². The van der Waals surface area contributed by atoms with Crippen LogP contribution in [-0.4, -0.2) is 30.1 Å². The van der Waals surface area contributed by atoms with Gasteiger partial charge in [0.1, 0.15) is 0 Å². The number of imidazole rings is 1. The average Bonchev–Trinajstić information content (AvgIpc) is 3.17. The van der Waals surface area contributed by atoms with Gasteiger partial charge in [-0.15, -0.1) is 0 Å². The number of methoxy groups -OCH3 is 1. The molecule has 0 radical (unpaired) electrons. The molecule has 0 aliphatic carbocycles. The molecule has 2 rings (SSSR count). The number of hydrogen-bond acceptors (Lipinski definition) is 1. The molecule has 0 saturated carbocycles. The van der Waals surface area contributed by atoms with Crippen molar-refractivity contribution >= 4 is 22.0 Å². The van der Waals surface area contributed by atoms with Crippen LogP contribution in [0, 0.1) is 0 Å². The van der Waals surface area contributed by atoms with Crippen LogP contribution >= 0.6 is 0 Å².